The first kappa shape index (κ1) is 8.42. The topological polar surface area (TPSA) is 17.1 Å². The van der Waals surface area contributed by atoms with Crippen molar-refractivity contribution in [2.45, 2.75) is 26.2 Å². The third-order valence-corrected chi connectivity index (χ3v) is 2.53. The highest BCUT2D eigenvalue weighted by Gasteiger charge is 2.18. The van der Waals surface area contributed by atoms with E-state index in [4.69, 9.17) is 0 Å². The van der Waals surface area contributed by atoms with Crippen molar-refractivity contribution >= 4 is 5.78 Å². The summed E-state index contributed by atoms with van der Waals surface area (Å²) in [5.74, 6) is -0.186. The maximum absolute atomic E-state index is 13.1. The van der Waals surface area contributed by atoms with Gasteiger partial charge in [-0.25, -0.2) is 4.39 Å². The van der Waals surface area contributed by atoms with Crippen molar-refractivity contribution in [3.63, 3.8) is 0 Å². The van der Waals surface area contributed by atoms with Crippen LogP contribution in [-0.4, -0.2) is 5.78 Å². The van der Waals surface area contributed by atoms with Crippen LogP contribution in [0.3, 0.4) is 0 Å². The van der Waals surface area contributed by atoms with Crippen LogP contribution < -0.4 is 0 Å². The molecule has 0 bridgehead atoms. The molecule has 1 aromatic carbocycles. The molecule has 0 N–H and O–H groups in total. The monoisotopic (exact) mass is 178 g/mol. The highest BCUT2D eigenvalue weighted by molar-refractivity contribution is 5.98. The third-order valence-electron chi connectivity index (χ3n) is 2.53. The molecule has 1 aliphatic rings. The average Bonchev–Trinajstić information content (AvgIpc) is 2.09. The van der Waals surface area contributed by atoms with Crippen LogP contribution in [0.15, 0.2) is 12.1 Å². The number of hydrogen-bond acceptors (Lipinski definition) is 1. The number of carbonyl (C=O) groups is 1. The summed E-state index contributed by atoms with van der Waals surface area (Å²) in [5, 5.41) is 0. The molecule has 1 aromatic rings. The van der Waals surface area contributed by atoms with Crippen LogP contribution in [0, 0.1) is 12.7 Å². The summed E-state index contributed by atoms with van der Waals surface area (Å²) in [4.78, 5) is 11.4. The van der Waals surface area contributed by atoms with E-state index in [0.717, 1.165) is 18.4 Å². The Balaban J connectivity index is 2.58. The number of aryl methyl sites for hydroxylation is 2. The summed E-state index contributed by atoms with van der Waals surface area (Å²) >= 11 is 0. The summed E-state index contributed by atoms with van der Waals surface area (Å²) in [6, 6.07) is 3.17. The van der Waals surface area contributed by atoms with Crippen LogP contribution >= 0.6 is 0 Å². The number of ketones is 1. The van der Waals surface area contributed by atoms with E-state index in [2.05, 4.69) is 0 Å². The van der Waals surface area contributed by atoms with Crippen molar-refractivity contribution < 1.29 is 9.18 Å². The van der Waals surface area contributed by atoms with Gasteiger partial charge in [0.2, 0.25) is 0 Å². The van der Waals surface area contributed by atoms with Crippen LogP contribution in [-0.2, 0) is 6.42 Å². The molecule has 0 spiro atoms. The molecule has 0 amide bonds. The molecule has 0 heterocycles. The van der Waals surface area contributed by atoms with Crippen LogP contribution in [0.2, 0.25) is 0 Å². The first-order valence-corrected chi connectivity index (χ1v) is 4.50. The predicted octanol–water partition coefficient (Wildman–Crippen LogP) is 2.65. The molecule has 2 rings (SSSR count). The smallest absolute Gasteiger partial charge is 0.163 e. The standard InChI is InChI=1S/C11H11FO/c1-7-5-8-3-2-4-11(13)9(8)6-10(7)12/h5-6H,2-4H2,1H3. The fraction of sp³-hybridized carbons (Fsp3) is 0.364. The second-order valence-electron chi connectivity index (χ2n) is 3.54. The van der Waals surface area contributed by atoms with Gasteiger partial charge in [-0.2, -0.15) is 0 Å². The lowest BCUT2D eigenvalue weighted by atomic mass is 9.89. The number of hydrogen-bond donors (Lipinski definition) is 0. The maximum Gasteiger partial charge on any atom is 0.163 e. The molecule has 2 heteroatoms. The summed E-state index contributed by atoms with van der Waals surface area (Å²) < 4.78 is 13.1. The van der Waals surface area contributed by atoms with Gasteiger partial charge in [0.1, 0.15) is 5.82 Å². The Bertz CT molecular complexity index is 369. The number of Topliss-reactive ketones (excluding diaryl/α,β-unsaturated/α-hetero) is 1. The fourth-order valence-corrected chi connectivity index (χ4v) is 1.78. The van der Waals surface area contributed by atoms with Gasteiger partial charge in [0.05, 0.1) is 0 Å². The zero-order valence-corrected chi connectivity index (χ0v) is 7.56. The number of halogens is 1. The van der Waals surface area contributed by atoms with E-state index >= 15 is 0 Å². The van der Waals surface area contributed by atoms with Gasteiger partial charge in [-0.05, 0) is 37.0 Å². The quantitative estimate of drug-likeness (QED) is 0.597. The van der Waals surface area contributed by atoms with E-state index in [0.29, 0.717) is 17.5 Å². The summed E-state index contributed by atoms with van der Waals surface area (Å²) in [5.41, 5.74) is 2.23. The largest absolute Gasteiger partial charge is 0.294 e. The molecule has 0 radical (unpaired) electrons. The number of rotatable bonds is 0. The minimum absolute atomic E-state index is 0.0835. The first-order valence-electron chi connectivity index (χ1n) is 4.50. The Kier molecular flexibility index (Phi) is 1.91. The number of benzene rings is 1. The molecule has 13 heavy (non-hydrogen) atoms. The molecule has 0 unspecified atom stereocenters. The summed E-state index contributed by atoms with van der Waals surface area (Å²) in [7, 11) is 0. The van der Waals surface area contributed by atoms with Crippen molar-refractivity contribution in [3.8, 4) is 0 Å². The molecule has 0 atom stereocenters. The first-order chi connectivity index (χ1) is 6.18. The molecule has 0 fully saturated rings. The second kappa shape index (κ2) is 2.95. The molecule has 0 saturated heterocycles. The highest BCUT2D eigenvalue weighted by atomic mass is 19.1. The van der Waals surface area contributed by atoms with Gasteiger partial charge in [0.15, 0.2) is 5.78 Å². The third kappa shape index (κ3) is 1.37. The van der Waals surface area contributed by atoms with Gasteiger partial charge < -0.3 is 0 Å². The Morgan fingerprint density at radius 1 is 1.31 bits per heavy atom. The molecule has 68 valence electrons. The van der Waals surface area contributed by atoms with Crippen LogP contribution in [0.4, 0.5) is 4.39 Å². The molecular formula is C11H11FO. The van der Waals surface area contributed by atoms with Crippen LogP contribution in [0.5, 0.6) is 0 Å². The highest BCUT2D eigenvalue weighted by Crippen LogP contribution is 2.23. The Morgan fingerprint density at radius 2 is 2.08 bits per heavy atom. The normalized spacial score (nSPS) is 15.7. The van der Waals surface area contributed by atoms with Crippen molar-refractivity contribution in [1.29, 1.82) is 0 Å². The van der Waals surface area contributed by atoms with E-state index in [9.17, 15) is 9.18 Å². The lowest BCUT2D eigenvalue weighted by molar-refractivity contribution is 0.0972. The zero-order valence-electron chi connectivity index (χ0n) is 7.56. The van der Waals surface area contributed by atoms with E-state index in [1.54, 1.807) is 13.0 Å². The Hall–Kier alpha value is -1.18. The van der Waals surface area contributed by atoms with E-state index < -0.39 is 0 Å². The fourth-order valence-electron chi connectivity index (χ4n) is 1.78. The summed E-state index contributed by atoms with van der Waals surface area (Å²) in [6.45, 7) is 1.73. The lowest BCUT2D eigenvalue weighted by Crippen LogP contribution is -2.11. The van der Waals surface area contributed by atoms with Gasteiger partial charge in [0.25, 0.3) is 0 Å². The van der Waals surface area contributed by atoms with E-state index in [-0.39, 0.29) is 11.6 Å². The number of fused-ring (bicyclic) bond motifs is 1. The Labute approximate surface area is 76.6 Å². The minimum Gasteiger partial charge on any atom is -0.294 e. The number of carbonyl (C=O) groups excluding carboxylic acids is 1. The van der Waals surface area contributed by atoms with E-state index in [1.807, 2.05) is 0 Å². The van der Waals surface area contributed by atoms with Gasteiger partial charge in [-0.15, -0.1) is 0 Å². The Morgan fingerprint density at radius 3 is 2.85 bits per heavy atom. The SMILES string of the molecule is Cc1cc2c(cc1F)C(=O)CCC2. The van der Waals surface area contributed by atoms with Crippen molar-refractivity contribution in [1.82, 2.24) is 0 Å². The summed E-state index contributed by atoms with van der Waals surface area (Å²) in [6.07, 6.45) is 2.37. The maximum atomic E-state index is 13.1. The van der Waals surface area contributed by atoms with E-state index in [1.165, 1.54) is 6.07 Å². The van der Waals surface area contributed by atoms with Crippen LogP contribution in [0.25, 0.3) is 0 Å². The molecule has 0 aliphatic heterocycles. The molecular weight excluding hydrogens is 167 g/mol. The molecule has 1 nitrogen and oxygen atoms in total. The molecule has 1 aliphatic carbocycles. The zero-order chi connectivity index (χ0) is 9.42. The lowest BCUT2D eigenvalue weighted by Gasteiger charge is -2.15. The van der Waals surface area contributed by atoms with Gasteiger partial charge in [0, 0.05) is 12.0 Å². The van der Waals surface area contributed by atoms with Gasteiger partial charge in [-0.1, -0.05) is 6.07 Å². The van der Waals surface area contributed by atoms with Crippen LogP contribution in [0.1, 0.15) is 34.3 Å². The van der Waals surface area contributed by atoms with Crippen molar-refractivity contribution in [3.05, 3.63) is 34.6 Å². The predicted molar refractivity (Wildman–Crippen MR) is 48.4 cm³/mol. The van der Waals surface area contributed by atoms with Crippen molar-refractivity contribution in [2.24, 2.45) is 0 Å². The molecule has 0 saturated carbocycles. The average molecular weight is 178 g/mol. The second-order valence-corrected chi connectivity index (χ2v) is 3.54. The van der Waals surface area contributed by atoms with Gasteiger partial charge >= 0.3 is 0 Å². The molecule has 0 aromatic heterocycles. The minimum atomic E-state index is -0.269. The van der Waals surface area contributed by atoms with Crippen molar-refractivity contribution in [2.75, 3.05) is 0 Å². The van der Waals surface area contributed by atoms with Gasteiger partial charge in [-0.3, -0.25) is 4.79 Å².